The van der Waals surface area contributed by atoms with Crippen LogP contribution >= 0.6 is 11.8 Å². The average Bonchev–Trinajstić information content (AvgIpc) is 3.24. The van der Waals surface area contributed by atoms with Gasteiger partial charge in [-0.15, -0.1) is 11.8 Å². The molecule has 0 bridgehead atoms. The number of nitrogens with one attached hydrogen (secondary N) is 1. The van der Waals surface area contributed by atoms with Gasteiger partial charge < -0.3 is 15.1 Å². The van der Waals surface area contributed by atoms with Crippen molar-refractivity contribution in [3.8, 4) is 0 Å². The van der Waals surface area contributed by atoms with Gasteiger partial charge in [0.15, 0.2) is 0 Å². The predicted molar refractivity (Wildman–Crippen MR) is 119 cm³/mol. The zero-order valence-corrected chi connectivity index (χ0v) is 18.7. The van der Waals surface area contributed by atoms with Gasteiger partial charge in [-0.05, 0) is 36.7 Å². The van der Waals surface area contributed by atoms with E-state index in [-0.39, 0.29) is 11.3 Å². The number of aliphatic hydroxyl groups excluding tert-OH is 2. The number of nitrogens with zero attached hydrogens (tertiary/aromatic N) is 2. The van der Waals surface area contributed by atoms with Crippen molar-refractivity contribution in [1.82, 2.24) is 10.2 Å². The Kier molecular flexibility index (Phi) is 7.25. The number of aliphatic imine (C=N–C) groups is 1. The minimum atomic E-state index is -0.859. The van der Waals surface area contributed by atoms with Crippen LogP contribution in [0.5, 0.6) is 0 Å². The average molecular weight is 422 g/mol. The van der Waals surface area contributed by atoms with Crippen LogP contribution in [0.3, 0.4) is 0 Å². The second-order valence-electron chi connectivity index (χ2n) is 9.70. The van der Waals surface area contributed by atoms with E-state index < -0.39 is 18.4 Å². The van der Waals surface area contributed by atoms with E-state index in [2.05, 4.69) is 35.5 Å². The van der Waals surface area contributed by atoms with Crippen LogP contribution in [0, 0.1) is 11.3 Å². The summed E-state index contributed by atoms with van der Waals surface area (Å²) in [7, 11) is 0. The van der Waals surface area contributed by atoms with E-state index >= 15 is 0 Å². The number of rotatable bonds is 6. The summed E-state index contributed by atoms with van der Waals surface area (Å²) in [5, 5.41) is 24.4. The summed E-state index contributed by atoms with van der Waals surface area (Å²) in [6, 6.07) is -0.0383. The molecule has 6 atom stereocenters. The molecule has 5 unspecified atom stereocenters. The highest BCUT2D eigenvalue weighted by Crippen LogP contribution is 2.33. The fourth-order valence-electron chi connectivity index (χ4n) is 4.26. The molecule has 1 saturated heterocycles. The first-order chi connectivity index (χ1) is 13.6. The molecular formula is C22H35N3O3S. The molecule has 29 heavy (non-hydrogen) atoms. The second-order valence-corrected chi connectivity index (χ2v) is 10.7. The summed E-state index contributed by atoms with van der Waals surface area (Å²) < 4.78 is 0. The number of thioether (sulfide) groups is 1. The lowest BCUT2D eigenvalue weighted by Gasteiger charge is -2.31. The van der Waals surface area contributed by atoms with Gasteiger partial charge in [-0.25, -0.2) is 0 Å². The van der Waals surface area contributed by atoms with Crippen molar-refractivity contribution in [1.29, 1.82) is 0 Å². The Labute approximate surface area is 178 Å². The minimum Gasteiger partial charge on any atom is -0.391 e. The fourth-order valence-corrected chi connectivity index (χ4v) is 5.36. The maximum Gasteiger partial charge on any atom is 0.223 e. The topological polar surface area (TPSA) is 85.2 Å². The summed E-state index contributed by atoms with van der Waals surface area (Å²) in [4.78, 5) is 18.8. The first-order valence-corrected chi connectivity index (χ1v) is 11.5. The third-order valence-electron chi connectivity index (χ3n) is 5.82. The van der Waals surface area contributed by atoms with Crippen molar-refractivity contribution < 1.29 is 15.0 Å². The van der Waals surface area contributed by atoms with Crippen LogP contribution in [0.15, 0.2) is 28.8 Å². The molecule has 0 saturated carbocycles. The molecule has 2 aliphatic heterocycles. The summed E-state index contributed by atoms with van der Waals surface area (Å²) in [5.41, 5.74) is 2.98. The normalized spacial score (nSPS) is 33.2. The number of hydrogen-bond donors (Lipinski definition) is 3. The molecule has 0 aromatic rings. The van der Waals surface area contributed by atoms with Gasteiger partial charge in [-0.3, -0.25) is 15.1 Å². The first-order valence-electron chi connectivity index (χ1n) is 10.6. The van der Waals surface area contributed by atoms with Crippen LogP contribution in [0.4, 0.5) is 0 Å². The van der Waals surface area contributed by atoms with E-state index in [9.17, 15) is 15.0 Å². The lowest BCUT2D eigenvalue weighted by Crippen LogP contribution is -2.50. The molecule has 6 nitrogen and oxygen atoms in total. The van der Waals surface area contributed by atoms with Crippen LogP contribution in [-0.2, 0) is 4.79 Å². The van der Waals surface area contributed by atoms with Crippen LogP contribution in [0.1, 0.15) is 47.0 Å². The van der Waals surface area contributed by atoms with E-state index in [0.29, 0.717) is 43.1 Å². The molecule has 7 heteroatoms. The van der Waals surface area contributed by atoms with Crippen molar-refractivity contribution >= 4 is 23.2 Å². The number of carbonyl (C=O) groups is 1. The molecule has 162 valence electrons. The van der Waals surface area contributed by atoms with E-state index in [1.807, 2.05) is 38.1 Å². The molecule has 3 rings (SSSR count). The maximum atomic E-state index is 12.7. The molecule has 3 aliphatic rings. The number of amides is 1. The lowest BCUT2D eigenvalue weighted by molar-refractivity contribution is -0.136. The quantitative estimate of drug-likeness (QED) is 0.573. The third kappa shape index (κ3) is 5.94. The van der Waals surface area contributed by atoms with E-state index in [4.69, 9.17) is 0 Å². The Morgan fingerprint density at radius 3 is 2.79 bits per heavy atom. The van der Waals surface area contributed by atoms with E-state index in [1.54, 1.807) is 4.90 Å². The maximum absolute atomic E-state index is 12.7. The van der Waals surface area contributed by atoms with Gasteiger partial charge in [-0.1, -0.05) is 39.0 Å². The molecule has 0 spiro atoms. The van der Waals surface area contributed by atoms with Crippen LogP contribution < -0.4 is 5.32 Å². The number of β-amino-alcohol motifs (C(OH)–C–C–N with tert-alkyl or cyclic N) is 1. The molecule has 2 heterocycles. The molecule has 1 fully saturated rings. The smallest absolute Gasteiger partial charge is 0.223 e. The van der Waals surface area contributed by atoms with Crippen LogP contribution in [-0.4, -0.2) is 69.3 Å². The number of allylic oxidation sites excluding steroid dienone is 2. The van der Waals surface area contributed by atoms with Crippen molar-refractivity contribution in [3.05, 3.63) is 23.8 Å². The highest BCUT2D eigenvalue weighted by atomic mass is 32.2. The lowest BCUT2D eigenvalue weighted by atomic mass is 9.91. The fraction of sp³-hybridized carbons (Fsp3) is 0.727. The highest BCUT2D eigenvalue weighted by molar-refractivity contribution is 8.12. The second kappa shape index (κ2) is 9.33. The van der Waals surface area contributed by atoms with Crippen LogP contribution in [0.25, 0.3) is 0 Å². The Morgan fingerprint density at radius 2 is 2.21 bits per heavy atom. The standard InChI is InChI=1S/C22H35N3O3S/c1-14-20(29-13-24-14)16-7-5-15(6-8-16)11-23-21(28)18-9-17(26)12-25(18)19(27)10-22(2,3)4/h5-7,13-14,16-18,20-21,23,26,28H,8-12H2,1-4H3/t14?,16?,17?,18-,20?,21?/m0/s1. The van der Waals surface area contributed by atoms with Crippen molar-refractivity contribution in [2.75, 3.05) is 13.1 Å². The zero-order chi connectivity index (χ0) is 21.2. The molecule has 0 aromatic carbocycles. The minimum absolute atomic E-state index is 0.00933. The zero-order valence-electron chi connectivity index (χ0n) is 17.9. The summed E-state index contributed by atoms with van der Waals surface area (Å²) >= 11 is 1.81. The van der Waals surface area contributed by atoms with Gasteiger partial charge in [0.1, 0.15) is 6.23 Å². The number of aliphatic hydroxyl groups is 2. The first kappa shape index (κ1) is 22.5. The van der Waals surface area contributed by atoms with E-state index in [0.717, 1.165) is 12.0 Å². The van der Waals surface area contributed by atoms with Gasteiger partial charge in [0.25, 0.3) is 0 Å². The van der Waals surface area contributed by atoms with Crippen molar-refractivity contribution in [2.24, 2.45) is 16.3 Å². The number of hydrogen-bond acceptors (Lipinski definition) is 6. The predicted octanol–water partition coefficient (Wildman–Crippen LogP) is 2.33. The van der Waals surface area contributed by atoms with E-state index in [1.165, 1.54) is 0 Å². The Hall–Kier alpha value is -1.15. The molecule has 1 aliphatic carbocycles. The number of carbonyl (C=O) groups excluding carboxylic acids is 1. The van der Waals surface area contributed by atoms with Crippen molar-refractivity contribution in [2.45, 2.75) is 76.6 Å². The Balaban J connectivity index is 1.51. The van der Waals surface area contributed by atoms with Gasteiger partial charge in [0.2, 0.25) is 5.91 Å². The monoisotopic (exact) mass is 421 g/mol. The number of likely N-dealkylation sites (tertiary alicyclic amines) is 1. The molecule has 1 amide bonds. The van der Waals surface area contributed by atoms with Crippen molar-refractivity contribution in [3.63, 3.8) is 0 Å². The molecule has 3 N–H and O–H groups in total. The SMILES string of the molecule is CC1N=CSC1C1C=CC(CNC(O)[C@@H]2CC(O)CN2C(=O)CC(C)(C)C)=CC1. The summed E-state index contributed by atoms with van der Waals surface area (Å²) in [6.07, 6.45) is 6.95. The molecule has 0 aromatic heterocycles. The summed E-state index contributed by atoms with van der Waals surface area (Å²) in [6.45, 7) is 9.06. The Morgan fingerprint density at radius 1 is 1.45 bits per heavy atom. The van der Waals surface area contributed by atoms with Crippen LogP contribution in [0.2, 0.25) is 0 Å². The Bertz CT molecular complexity index is 685. The van der Waals surface area contributed by atoms with Gasteiger partial charge in [0.05, 0.1) is 23.7 Å². The van der Waals surface area contributed by atoms with Gasteiger partial charge in [-0.2, -0.15) is 0 Å². The summed E-state index contributed by atoms with van der Waals surface area (Å²) in [5.74, 6) is 0.478. The third-order valence-corrected chi connectivity index (χ3v) is 7.13. The van der Waals surface area contributed by atoms with Gasteiger partial charge >= 0.3 is 0 Å². The molecular weight excluding hydrogens is 386 g/mol. The highest BCUT2D eigenvalue weighted by Gasteiger charge is 2.39. The molecule has 0 radical (unpaired) electrons. The van der Waals surface area contributed by atoms with Gasteiger partial charge in [0, 0.05) is 24.8 Å². The largest absolute Gasteiger partial charge is 0.391 e.